The lowest BCUT2D eigenvalue weighted by atomic mass is 10.0. The molecule has 2 aromatic carbocycles. The van der Waals surface area contributed by atoms with Gasteiger partial charge in [0.25, 0.3) is 5.92 Å². The van der Waals surface area contributed by atoms with Crippen LogP contribution in [0.1, 0.15) is 16.7 Å². The fraction of sp³-hybridized carbons (Fsp3) is 0.250. The molecule has 3 rings (SSSR count). The summed E-state index contributed by atoms with van der Waals surface area (Å²) in [5.74, 6) is -4.31. The third-order valence-corrected chi connectivity index (χ3v) is 5.36. The van der Waals surface area contributed by atoms with Crippen LogP contribution in [0.25, 0.3) is 0 Å². The van der Waals surface area contributed by atoms with E-state index in [9.17, 15) is 23.5 Å². The molecule has 0 saturated heterocycles. The summed E-state index contributed by atoms with van der Waals surface area (Å²) >= 11 is 6.11. The van der Waals surface area contributed by atoms with Gasteiger partial charge in [0.15, 0.2) is 0 Å². The molecule has 1 atom stereocenters. The molecule has 1 aromatic heterocycles. The minimum atomic E-state index is -3.29. The zero-order valence-corrected chi connectivity index (χ0v) is 19.7. The molecule has 2 N–H and O–H groups in total. The van der Waals surface area contributed by atoms with Crippen LogP contribution in [0.2, 0.25) is 5.15 Å². The number of carbonyl (C=O) groups is 2. The Morgan fingerprint density at radius 1 is 1.11 bits per heavy atom. The molecule has 0 fully saturated rings. The maximum absolute atomic E-state index is 14.9. The van der Waals surface area contributed by atoms with Gasteiger partial charge in [-0.15, -0.1) is 0 Å². The number of anilines is 1. The number of nitrogens with zero attached hydrogens (tertiary/aromatic N) is 3. The summed E-state index contributed by atoms with van der Waals surface area (Å²) in [6.07, 6.45) is -0.310. The summed E-state index contributed by atoms with van der Waals surface area (Å²) < 4.78 is 35.0. The van der Waals surface area contributed by atoms with E-state index in [0.29, 0.717) is 11.3 Å². The highest BCUT2D eigenvalue weighted by Crippen LogP contribution is 2.35. The lowest BCUT2D eigenvalue weighted by Crippen LogP contribution is -2.33. The maximum Gasteiger partial charge on any atom is 0.414 e. The highest BCUT2D eigenvalue weighted by Gasteiger charge is 2.34. The van der Waals surface area contributed by atoms with Crippen molar-refractivity contribution in [2.45, 2.75) is 24.8 Å². The molecule has 0 aliphatic carbocycles. The molecule has 0 spiro atoms. The molecule has 8 nitrogen and oxygen atoms in total. The topological polar surface area (TPSA) is 105 Å². The van der Waals surface area contributed by atoms with E-state index in [1.165, 1.54) is 41.3 Å². The summed E-state index contributed by atoms with van der Waals surface area (Å²) in [5.41, 5.74) is 0.293. The summed E-state index contributed by atoms with van der Waals surface area (Å²) in [4.78, 5) is 32.6. The lowest BCUT2D eigenvalue weighted by molar-refractivity contribution is -0.137. The van der Waals surface area contributed by atoms with Crippen LogP contribution in [0.5, 0.6) is 5.75 Å². The molecule has 3 aromatic rings. The second-order valence-corrected chi connectivity index (χ2v) is 8.24. The number of aromatic nitrogens is 2. The van der Waals surface area contributed by atoms with Gasteiger partial charge in [-0.05, 0) is 17.7 Å². The van der Waals surface area contributed by atoms with Crippen LogP contribution in [-0.2, 0) is 23.6 Å². The summed E-state index contributed by atoms with van der Waals surface area (Å²) in [7, 11) is 3.09. The first-order valence-corrected chi connectivity index (χ1v) is 10.8. The number of benzene rings is 2. The van der Waals surface area contributed by atoms with Gasteiger partial charge in [-0.1, -0.05) is 54.1 Å². The fourth-order valence-corrected chi connectivity index (χ4v) is 3.36. The number of nitrogens with one attached hydrogen (secondary N) is 1. The van der Waals surface area contributed by atoms with Crippen molar-refractivity contribution in [1.82, 2.24) is 14.9 Å². The largest absolute Gasteiger partial charge is 0.480 e. The number of alkyl halides is 2. The number of hydrogen-bond acceptors (Lipinski definition) is 6. The van der Waals surface area contributed by atoms with Gasteiger partial charge in [0.1, 0.15) is 29.1 Å². The molecule has 1 heterocycles. The normalized spacial score (nSPS) is 12.0. The van der Waals surface area contributed by atoms with Crippen molar-refractivity contribution in [2.75, 3.05) is 19.4 Å². The number of carbonyl (C=O) groups excluding carboxylic acids is 1. The number of hydrogen-bond donors (Lipinski definition) is 2. The van der Waals surface area contributed by atoms with Crippen LogP contribution in [0.3, 0.4) is 0 Å². The van der Waals surface area contributed by atoms with E-state index in [1.54, 1.807) is 32.3 Å². The Kier molecular flexibility index (Phi) is 8.18. The van der Waals surface area contributed by atoms with Gasteiger partial charge >= 0.3 is 12.1 Å². The zero-order chi connectivity index (χ0) is 25.6. The smallest absolute Gasteiger partial charge is 0.414 e. The van der Waals surface area contributed by atoms with Crippen molar-refractivity contribution >= 4 is 29.5 Å². The summed E-state index contributed by atoms with van der Waals surface area (Å²) in [6.45, 7) is 0. The Morgan fingerprint density at radius 2 is 1.77 bits per heavy atom. The summed E-state index contributed by atoms with van der Waals surface area (Å²) in [6, 6.07) is 12.3. The number of aliphatic carboxylic acids is 1. The number of carboxylic acid groups (broad SMARTS) is 1. The van der Waals surface area contributed by atoms with Gasteiger partial charge in [-0.25, -0.2) is 28.3 Å². The van der Waals surface area contributed by atoms with Crippen molar-refractivity contribution in [1.29, 1.82) is 0 Å². The molecular weight excluding hydrogens is 482 g/mol. The van der Waals surface area contributed by atoms with E-state index in [4.69, 9.17) is 16.3 Å². The lowest BCUT2D eigenvalue weighted by Gasteiger charge is -2.21. The van der Waals surface area contributed by atoms with Crippen LogP contribution in [-0.4, -0.2) is 52.2 Å². The molecule has 1 amide bonds. The van der Waals surface area contributed by atoms with Gasteiger partial charge in [-0.3, -0.25) is 0 Å². The van der Waals surface area contributed by atoms with Crippen LogP contribution >= 0.6 is 11.6 Å². The Hall–Kier alpha value is -3.79. The Balaban J connectivity index is 1.79. The van der Waals surface area contributed by atoms with Crippen LogP contribution < -0.4 is 10.1 Å². The molecule has 0 unspecified atom stereocenters. The fourth-order valence-electron chi connectivity index (χ4n) is 3.16. The van der Waals surface area contributed by atoms with Gasteiger partial charge in [0.05, 0.1) is 0 Å². The van der Waals surface area contributed by atoms with Crippen molar-refractivity contribution < 1.29 is 28.2 Å². The highest BCUT2D eigenvalue weighted by atomic mass is 35.5. The first kappa shape index (κ1) is 25.8. The number of amides is 1. The van der Waals surface area contributed by atoms with Crippen LogP contribution in [0, 0.1) is 0 Å². The molecule has 35 heavy (non-hydrogen) atoms. The number of halogens is 3. The first-order chi connectivity index (χ1) is 16.6. The van der Waals surface area contributed by atoms with Gasteiger partial charge in [-0.2, -0.15) is 0 Å². The second kappa shape index (κ2) is 11.1. The molecule has 184 valence electrons. The molecule has 0 aliphatic heterocycles. The monoisotopic (exact) mass is 504 g/mol. The van der Waals surface area contributed by atoms with Crippen molar-refractivity contribution in [3.63, 3.8) is 0 Å². The third-order valence-electron chi connectivity index (χ3n) is 5.03. The van der Waals surface area contributed by atoms with Crippen molar-refractivity contribution in [3.8, 4) is 5.75 Å². The van der Waals surface area contributed by atoms with E-state index in [0.717, 1.165) is 6.33 Å². The molecule has 0 saturated carbocycles. The van der Waals surface area contributed by atoms with E-state index >= 15 is 0 Å². The number of rotatable bonds is 9. The SMILES string of the molecule is CN(C)C(=O)Oc1ccc(C[C@H](Nc2ncnc(Cl)c2CC(F)(F)c2ccccc2)C(=O)O)cc1. The quantitative estimate of drug-likeness (QED) is 0.409. The Labute approximate surface area is 205 Å². The zero-order valence-electron chi connectivity index (χ0n) is 18.9. The van der Waals surface area contributed by atoms with Crippen molar-refractivity contribution in [2.24, 2.45) is 0 Å². The van der Waals surface area contributed by atoms with Gasteiger partial charge < -0.3 is 20.1 Å². The number of ether oxygens (including phenoxy) is 1. The molecule has 0 aliphatic rings. The summed E-state index contributed by atoms with van der Waals surface area (Å²) in [5, 5.41) is 12.3. The van der Waals surface area contributed by atoms with Gasteiger partial charge in [0, 0.05) is 38.1 Å². The second-order valence-electron chi connectivity index (χ2n) is 7.88. The predicted octanol–water partition coefficient (Wildman–Crippen LogP) is 4.63. The maximum atomic E-state index is 14.9. The molecule has 0 bridgehead atoms. The van der Waals surface area contributed by atoms with E-state index in [2.05, 4.69) is 15.3 Å². The van der Waals surface area contributed by atoms with Gasteiger partial charge in [0.2, 0.25) is 0 Å². The van der Waals surface area contributed by atoms with Crippen molar-refractivity contribution in [3.05, 3.63) is 82.8 Å². The minimum Gasteiger partial charge on any atom is -0.480 e. The molecule has 0 radical (unpaired) electrons. The van der Waals surface area contributed by atoms with E-state index in [-0.39, 0.29) is 28.5 Å². The van der Waals surface area contributed by atoms with E-state index < -0.39 is 30.4 Å². The minimum absolute atomic E-state index is 0.00657. The van der Waals surface area contributed by atoms with E-state index in [1.807, 2.05) is 0 Å². The standard InChI is InChI=1S/C24H23ClF2N4O4/c1-31(2)23(34)35-17-10-8-15(9-11-17)12-19(22(32)33)30-21-18(20(25)28-14-29-21)13-24(26,27)16-6-4-3-5-7-16/h3-11,14,19H,12-13H2,1-2H3,(H,32,33)(H,28,29,30)/t19-/m0/s1. The number of carboxylic acids is 1. The third kappa shape index (κ3) is 6.86. The Morgan fingerprint density at radius 3 is 2.37 bits per heavy atom. The first-order valence-electron chi connectivity index (χ1n) is 10.5. The molecule has 11 heteroatoms. The van der Waals surface area contributed by atoms with Crippen LogP contribution in [0.15, 0.2) is 60.9 Å². The Bertz CT molecular complexity index is 1180. The average Bonchev–Trinajstić information content (AvgIpc) is 2.82. The van der Waals surface area contributed by atoms with Crippen LogP contribution in [0.4, 0.5) is 19.4 Å². The highest BCUT2D eigenvalue weighted by molar-refractivity contribution is 6.30. The average molecular weight is 505 g/mol. The molecular formula is C24H23ClF2N4O4. The predicted molar refractivity (Wildman–Crippen MR) is 126 cm³/mol.